The maximum Gasteiger partial charge on any atom is 0.0738 e. The summed E-state index contributed by atoms with van der Waals surface area (Å²) in [6, 6.07) is 2.52. The van der Waals surface area contributed by atoms with E-state index < -0.39 is 0 Å². The highest BCUT2D eigenvalue weighted by Crippen LogP contribution is 2.26. The summed E-state index contributed by atoms with van der Waals surface area (Å²) >= 11 is 1.80. The standard InChI is InChI=1S/C12H21NOS/c1-5-7-13-12(9(2)14-4)11-6-8-15-10(11)3/h6,8-9,12-13H,5,7H2,1-4H3. The van der Waals surface area contributed by atoms with E-state index in [1.807, 2.05) is 0 Å². The van der Waals surface area contributed by atoms with E-state index in [-0.39, 0.29) is 6.10 Å². The van der Waals surface area contributed by atoms with Crippen LogP contribution in [-0.4, -0.2) is 19.8 Å². The first-order valence-corrected chi connectivity index (χ1v) is 6.38. The fourth-order valence-corrected chi connectivity index (χ4v) is 2.43. The number of thiophene rings is 1. The van der Waals surface area contributed by atoms with Gasteiger partial charge < -0.3 is 10.1 Å². The van der Waals surface area contributed by atoms with E-state index in [1.54, 1.807) is 18.4 Å². The number of aryl methyl sites for hydroxylation is 1. The fourth-order valence-electron chi connectivity index (χ4n) is 1.68. The zero-order chi connectivity index (χ0) is 11.3. The van der Waals surface area contributed by atoms with Crippen molar-refractivity contribution in [1.82, 2.24) is 5.32 Å². The van der Waals surface area contributed by atoms with Crippen LogP contribution in [0, 0.1) is 6.92 Å². The lowest BCUT2D eigenvalue weighted by atomic mass is 10.0. The lowest BCUT2D eigenvalue weighted by Crippen LogP contribution is -2.32. The Hall–Kier alpha value is -0.380. The second-order valence-corrected chi connectivity index (χ2v) is 4.92. The molecular weight excluding hydrogens is 206 g/mol. The summed E-state index contributed by atoms with van der Waals surface area (Å²) in [4.78, 5) is 1.38. The molecule has 2 unspecified atom stereocenters. The van der Waals surface area contributed by atoms with Gasteiger partial charge in [-0.25, -0.2) is 0 Å². The summed E-state index contributed by atoms with van der Waals surface area (Å²) in [7, 11) is 1.77. The molecule has 1 aromatic heterocycles. The molecule has 0 fully saturated rings. The van der Waals surface area contributed by atoms with E-state index >= 15 is 0 Å². The van der Waals surface area contributed by atoms with Gasteiger partial charge in [-0.1, -0.05) is 6.92 Å². The van der Waals surface area contributed by atoms with Crippen molar-refractivity contribution >= 4 is 11.3 Å². The summed E-state index contributed by atoms with van der Waals surface area (Å²) < 4.78 is 5.43. The van der Waals surface area contributed by atoms with E-state index in [0.29, 0.717) is 6.04 Å². The predicted molar refractivity (Wildman–Crippen MR) is 66.6 cm³/mol. The van der Waals surface area contributed by atoms with Crippen molar-refractivity contribution in [2.45, 2.75) is 39.3 Å². The Morgan fingerprint density at radius 3 is 2.73 bits per heavy atom. The second-order valence-electron chi connectivity index (χ2n) is 3.80. The minimum atomic E-state index is 0.213. The van der Waals surface area contributed by atoms with Gasteiger partial charge in [0, 0.05) is 12.0 Å². The average molecular weight is 227 g/mol. The van der Waals surface area contributed by atoms with Crippen molar-refractivity contribution in [2.75, 3.05) is 13.7 Å². The lowest BCUT2D eigenvalue weighted by molar-refractivity contribution is 0.0830. The summed E-state index contributed by atoms with van der Waals surface area (Å²) in [6.07, 6.45) is 1.36. The summed E-state index contributed by atoms with van der Waals surface area (Å²) in [5.74, 6) is 0. The lowest BCUT2D eigenvalue weighted by Gasteiger charge is -2.24. The predicted octanol–water partition coefficient (Wildman–Crippen LogP) is 3.13. The van der Waals surface area contributed by atoms with Crippen molar-refractivity contribution < 1.29 is 4.74 Å². The van der Waals surface area contributed by atoms with Gasteiger partial charge in [0.15, 0.2) is 0 Å². The van der Waals surface area contributed by atoms with Crippen LogP contribution in [-0.2, 0) is 4.74 Å². The van der Waals surface area contributed by atoms with Crippen LogP contribution in [0.15, 0.2) is 11.4 Å². The smallest absolute Gasteiger partial charge is 0.0738 e. The summed E-state index contributed by atoms with van der Waals surface area (Å²) in [5.41, 5.74) is 1.38. The maximum atomic E-state index is 5.43. The summed E-state index contributed by atoms with van der Waals surface area (Å²) in [6.45, 7) is 7.50. The van der Waals surface area contributed by atoms with Gasteiger partial charge in [0.25, 0.3) is 0 Å². The quantitative estimate of drug-likeness (QED) is 0.806. The third-order valence-corrected chi connectivity index (χ3v) is 3.55. The second kappa shape index (κ2) is 6.26. The highest BCUT2D eigenvalue weighted by molar-refractivity contribution is 7.10. The third kappa shape index (κ3) is 3.30. The first kappa shape index (κ1) is 12.7. The Morgan fingerprint density at radius 2 is 2.27 bits per heavy atom. The van der Waals surface area contributed by atoms with Crippen LogP contribution in [0.25, 0.3) is 0 Å². The van der Waals surface area contributed by atoms with Crippen molar-refractivity contribution in [1.29, 1.82) is 0 Å². The molecule has 1 rings (SSSR count). The van der Waals surface area contributed by atoms with Crippen LogP contribution in [0.5, 0.6) is 0 Å². The zero-order valence-electron chi connectivity index (χ0n) is 10.0. The summed E-state index contributed by atoms with van der Waals surface area (Å²) in [5, 5.41) is 5.69. The van der Waals surface area contributed by atoms with Crippen molar-refractivity contribution in [3.8, 4) is 0 Å². The molecule has 1 aromatic rings. The molecule has 0 saturated heterocycles. The minimum Gasteiger partial charge on any atom is -0.380 e. The molecule has 0 aliphatic rings. The molecule has 0 aliphatic carbocycles. The average Bonchev–Trinajstić information content (AvgIpc) is 2.65. The number of hydrogen-bond donors (Lipinski definition) is 1. The minimum absolute atomic E-state index is 0.213. The molecule has 0 spiro atoms. The van der Waals surface area contributed by atoms with Gasteiger partial charge >= 0.3 is 0 Å². The third-order valence-electron chi connectivity index (χ3n) is 2.69. The van der Waals surface area contributed by atoms with Gasteiger partial charge in [0.1, 0.15) is 0 Å². The van der Waals surface area contributed by atoms with E-state index in [0.717, 1.165) is 13.0 Å². The maximum absolute atomic E-state index is 5.43. The van der Waals surface area contributed by atoms with E-state index in [4.69, 9.17) is 4.74 Å². The Balaban J connectivity index is 2.76. The van der Waals surface area contributed by atoms with Crippen molar-refractivity contribution in [3.05, 3.63) is 21.9 Å². The largest absolute Gasteiger partial charge is 0.380 e. The Labute approximate surface area is 96.7 Å². The zero-order valence-corrected chi connectivity index (χ0v) is 10.9. The van der Waals surface area contributed by atoms with Gasteiger partial charge in [-0.2, -0.15) is 0 Å². The van der Waals surface area contributed by atoms with Gasteiger partial charge in [-0.3, -0.25) is 0 Å². The number of nitrogens with one attached hydrogen (secondary N) is 1. The molecule has 1 heterocycles. The molecular formula is C12H21NOS. The van der Waals surface area contributed by atoms with Gasteiger partial charge in [-0.05, 0) is 43.8 Å². The van der Waals surface area contributed by atoms with Crippen LogP contribution >= 0.6 is 11.3 Å². The molecule has 2 nitrogen and oxygen atoms in total. The topological polar surface area (TPSA) is 21.3 Å². The molecule has 0 bridgehead atoms. The molecule has 2 atom stereocenters. The van der Waals surface area contributed by atoms with Gasteiger partial charge in [0.2, 0.25) is 0 Å². The first-order valence-electron chi connectivity index (χ1n) is 5.50. The van der Waals surface area contributed by atoms with Crippen molar-refractivity contribution in [2.24, 2.45) is 0 Å². The highest BCUT2D eigenvalue weighted by Gasteiger charge is 2.20. The molecule has 3 heteroatoms. The Bertz CT molecular complexity index is 285. The van der Waals surface area contributed by atoms with Gasteiger partial charge in [-0.15, -0.1) is 11.3 Å². The van der Waals surface area contributed by atoms with Crippen LogP contribution < -0.4 is 5.32 Å². The molecule has 0 saturated carbocycles. The molecule has 0 aliphatic heterocycles. The SMILES string of the molecule is CCCNC(c1ccsc1C)C(C)OC. The molecule has 86 valence electrons. The molecule has 0 aromatic carbocycles. The van der Waals surface area contributed by atoms with Crippen LogP contribution in [0.1, 0.15) is 36.8 Å². The van der Waals surface area contributed by atoms with E-state index in [1.165, 1.54) is 10.4 Å². The highest BCUT2D eigenvalue weighted by atomic mass is 32.1. The molecule has 1 N–H and O–H groups in total. The number of ether oxygens (including phenoxy) is 1. The number of hydrogen-bond acceptors (Lipinski definition) is 3. The van der Waals surface area contributed by atoms with Crippen LogP contribution in [0.2, 0.25) is 0 Å². The first-order chi connectivity index (χ1) is 7.20. The van der Waals surface area contributed by atoms with E-state index in [2.05, 4.69) is 37.5 Å². The molecule has 15 heavy (non-hydrogen) atoms. The number of rotatable bonds is 6. The normalized spacial score (nSPS) is 15.2. The van der Waals surface area contributed by atoms with Crippen LogP contribution in [0.4, 0.5) is 0 Å². The fraction of sp³-hybridized carbons (Fsp3) is 0.667. The Morgan fingerprint density at radius 1 is 1.53 bits per heavy atom. The van der Waals surface area contributed by atoms with E-state index in [9.17, 15) is 0 Å². The van der Waals surface area contributed by atoms with Gasteiger partial charge in [0.05, 0.1) is 12.1 Å². The molecule has 0 amide bonds. The Kier molecular flexibility index (Phi) is 5.29. The van der Waals surface area contributed by atoms with Crippen molar-refractivity contribution in [3.63, 3.8) is 0 Å². The van der Waals surface area contributed by atoms with Crippen LogP contribution in [0.3, 0.4) is 0 Å². The monoisotopic (exact) mass is 227 g/mol. The number of methoxy groups -OCH3 is 1. The molecule has 0 radical (unpaired) electrons.